The van der Waals surface area contributed by atoms with Crippen LogP contribution in [-0.4, -0.2) is 35.8 Å². The van der Waals surface area contributed by atoms with Crippen LogP contribution in [0.1, 0.15) is 26.4 Å². The summed E-state index contributed by atoms with van der Waals surface area (Å²) in [4.78, 5) is 24.7. The van der Waals surface area contributed by atoms with Crippen molar-refractivity contribution in [3.8, 4) is 11.4 Å². The van der Waals surface area contributed by atoms with Crippen molar-refractivity contribution in [1.29, 1.82) is 0 Å². The van der Waals surface area contributed by atoms with Gasteiger partial charge in [-0.05, 0) is 48.9 Å². The molecule has 144 valence electrons. The maximum absolute atomic E-state index is 12.6. The van der Waals surface area contributed by atoms with Crippen LogP contribution < -0.4 is 15.4 Å². The molecule has 7 nitrogen and oxygen atoms in total. The normalized spacial score (nSPS) is 10.4. The maximum Gasteiger partial charge on any atom is 0.276 e. The van der Waals surface area contributed by atoms with E-state index < -0.39 is 5.91 Å². The van der Waals surface area contributed by atoms with Gasteiger partial charge in [0, 0.05) is 18.3 Å². The number of benzene rings is 2. The van der Waals surface area contributed by atoms with Gasteiger partial charge < -0.3 is 15.4 Å². The van der Waals surface area contributed by atoms with Gasteiger partial charge in [0.25, 0.3) is 11.8 Å². The molecular weight excluding hydrogens is 380 g/mol. The van der Waals surface area contributed by atoms with Crippen molar-refractivity contribution in [3.05, 3.63) is 70.5 Å². The molecule has 3 aromatic rings. The predicted octanol–water partition coefficient (Wildman–Crippen LogP) is 3.45. The Morgan fingerprint density at radius 2 is 1.89 bits per heavy atom. The molecule has 1 aromatic heterocycles. The zero-order chi connectivity index (χ0) is 20.3. The molecule has 0 bridgehead atoms. The highest BCUT2D eigenvalue weighted by atomic mass is 35.5. The summed E-state index contributed by atoms with van der Waals surface area (Å²) < 4.78 is 6.94. The Hall–Kier alpha value is -3.32. The Morgan fingerprint density at radius 1 is 1.11 bits per heavy atom. The van der Waals surface area contributed by atoms with Crippen LogP contribution in [-0.2, 0) is 0 Å². The van der Waals surface area contributed by atoms with Crippen LogP contribution in [0.2, 0.25) is 5.02 Å². The first-order valence-electron chi connectivity index (χ1n) is 8.46. The summed E-state index contributed by atoms with van der Waals surface area (Å²) in [5.74, 6) is -0.161. The Kier molecular flexibility index (Phi) is 5.65. The minimum Gasteiger partial charge on any atom is -0.494 e. The molecule has 2 amide bonds. The third-order valence-electron chi connectivity index (χ3n) is 4.10. The molecule has 2 N–H and O–H groups in total. The second-order valence-electron chi connectivity index (χ2n) is 6.04. The van der Waals surface area contributed by atoms with Gasteiger partial charge in [-0.3, -0.25) is 9.59 Å². The van der Waals surface area contributed by atoms with Crippen molar-refractivity contribution in [2.45, 2.75) is 6.92 Å². The van der Waals surface area contributed by atoms with Crippen LogP contribution in [0.15, 0.2) is 48.7 Å². The first kappa shape index (κ1) is 19.4. The number of anilines is 1. The monoisotopic (exact) mass is 398 g/mol. The second-order valence-corrected chi connectivity index (χ2v) is 6.48. The molecule has 0 atom stereocenters. The van der Waals surface area contributed by atoms with Crippen molar-refractivity contribution in [1.82, 2.24) is 15.1 Å². The topological polar surface area (TPSA) is 85.2 Å². The van der Waals surface area contributed by atoms with Crippen LogP contribution in [0.25, 0.3) is 5.69 Å². The second kappa shape index (κ2) is 8.14. The lowest BCUT2D eigenvalue weighted by molar-refractivity contribution is 0.0964. The SMILES string of the molecule is CNC(=O)c1cc(Cl)ccc1NC(=O)c1ccn(-c2cc(C)ccc2OC)n1. The molecule has 0 radical (unpaired) electrons. The van der Waals surface area contributed by atoms with E-state index in [1.165, 1.54) is 13.1 Å². The van der Waals surface area contributed by atoms with E-state index in [4.69, 9.17) is 16.3 Å². The number of ether oxygens (including phenoxy) is 1. The van der Waals surface area contributed by atoms with Gasteiger partial charge in [-0.2, -0.15) is 5.10 Å². The quantitative estimate of drug-likeness (QED) is 0.689. The van der Waals surface area contributed by atoms with Gasteiger partial charge in [0.15, 0.2) is 5.69 Å². The molecule has 0 spiro atoms. The standard InChI is InChI=1S/C20H19ClN4O3/c1-12-4-7-18(28-3)17(10-12)25-9-8-16(24-25)20(27)23-15-6-5-13(21)11-14(15)19(26)22-2/h4-11H,1-3H3,(H,22,26)(H,23,27). The van der Waals surface area contributed by atoms with E-state index in [1.54, 1.807) is 36.2 Å². The predicted molar refractivity (Wildman–Crippen MR) is 108 cm³/mol. The molecule has 0 aliphatic heterocycles. The van der Waals surface area contributed by atoms with E-state index in [0.717, 1.165) is 11.3 Å². The van der Waals surface area contributed by atoms with Crippen molar-refractivity contribution in [2.75, 3.05) is 19.5 Å². The van der Waals surface area contributed by atoms with Gasteiger partial charge in [-0.25, -0.2) is 4.68 Å². The molecule has 1 heterocycles. The number of amides is 2. The van der Waals surface area contributed by atoms with E-state index in [9.17, 15) is 9.59 Å². The molecule has 0 unspecified atom stereocenters. The smallest absolute Gasteiger partial charge is 0.276 e. The number of nitrogens with zero attached hydrogens (tertiary/aromatic N) is 2. The van der Waals surface area contributed by atoms with E-state index in [1.807, 2.05) is 25.1 Å². The van der Waals surface area contributed by atoms with Gasteiger partial charge >= 0.3 is 0 Å². The number of aryl methyl sites for hydroxylation is 1. The number of rotatable bonds is 5. The van der Waals surface area contributed by atoms with E-state index in [0.29, 0.717) is 16.5 Å². The van der Waals surface area contributed by atoms with Gasteiger partial charge in [-0.1, -0.05) is 17.7 Å². The maximum atomic E-state index is 12.6. The van der Waals surface area contributed by atoms with Gasteiger partial charge in [0.05, 0.1) is 18.4 Å². The average molecular weight is 399 g/mol. The number of hydrogen-bond acceptors (Lipinski definition) is 4. The van der Waals surface area contributed by atoms with Crippen LogP contribution in [0.4, 0.5) is 5.69 Å². The van der Waals surface area contributed by atoms with Gasteiger partial charge in [-0.15, -0.1) is 0 Å². The molecule has 0 saturated carbocycles. The van der Waals surface area contributed by atoms with Crippen LogP contribution in [0.3, 0.4) is 0 Å². The Morgan fingerprint density at radius 3 is 2.61 bits per heavy atom. The van der Waals surface area contributed by atoms with Crippen molar-refractivity contribution in [2.24, 2.45) is 0 Å². The third kappa shape index (κ3) is 3.99. The van der Waals surface area contributed by atoms with E-state index in [2.05, 4.69) is 15.7 Å². The fourth-order valence-electron chi connectivity index (χ4n) is 2.69. The molecule has 3 rings (SSSR count). The molecule has 0 aliphatic rings. The minimum absolute atomic E-state index is 0.196. The van der Waals surface area contributed by atoms with Crippen LogP contribution in [0.5, 0.6) is 5.75 Å². The number of halogens is 1. The molecule has 28 heavy (non-hydrogen) atoms. The lowest BCUT2D eigenvalue weighted by Crippen LogP contribution is -2.21. The first-order valence-corrected chi connectivity index (χ1v) is 8.84. The molecule has 0 saturated heterocycles. The zero-order valence-electron chi connectivity index (χ0n) is 15.6. The largest absolute Gasteiger partial charge is 0.494 e. The minimum atomic E-state index is -0.446. The summed E-state index contributed by atoms with van der Waals surface area (Å²) in [5, 5.41) is 9.96. The molecule has 2 aromatic carbocycles. The number of nitrogens with one attached hydrogen (secondary N) is 2. The average Bonchev–Trinajstić information content (AvgIpc) is 3.19. The Labute approximate surface area is 167 Å². The Bertz CT molecular complexity index is 1050. The summed E-state index contributed by atoms with van der Waals surface area (Å²) >= 11 is 5.96. The number of aromatic nitrogens is 2. The first-order chi connectivity index (χ1) is 13.4. The molecular formula is C20H19ClN4O3. The summed E-state index contributed by atoms with van der Waals surface area (Å²) in [7, 11) is 3.08. The number of methoxy groups -OCH3 is 1. The summed E-state index contributed by atoms with van der Waals surface area (Å²) in [5.41, 5.74) is 2.56. The highest BCUT2D eigenvalue weighted by molar-refractivity contribution is 6.31. The summed E-state index contributed by atoms with van der Waals surface area (Å²) in [6.07, 6.45) is 1.67. The summed E-state index contributed by atoms with van der Waals surface area (Å²) in [6.45, 7) is 1.96. The van der Waals surface area contributed by atoms with E-state index >= 15 is 0 Å². The lowest BCUT2D eigenvalue weighted by atomic mass is 10.1. The molecule has 8 heteroatoms. The number of hydrogen-bond donors (Lipinski definition) is 2. The third-order valence-corrected chi connectivity index (χ3v) is 4.34. The summed E-state index contributed by atoms with van der Waals surface area (Å²) in [6, 6.07) is 11.9. The van der Waals surface area contributed by atoms with Crippen LogP contribution in [0, 0.1) is 6.92 Å². The van der Waals surface area contributed by atoms with Gasteiger partial charge in [0.2, 0.25) is 0 Å². The van der Waals surface area contributed by atoms with Gasteiger partial charge in [0.1, 0.15) is 11.4 Å². The van der Waals surface area contributed by atoms with Crippen molar-refractivity contribution >= 4 is 29.1 Å². The van der Waals surface area contributed by atoms with Crippen LogP contribution >= 0.6 is 11.6 Å². The van der Waals surface area contributed by atoms with Crippen molar-refractivity contribution in [3.63, 3.8) is 0 Å². The fraction of sp³-hybridized carbons (Fsp3) is 0.150. The number of carbonyl (C=O) groups is 2. The highest BCUT2D eigenvalue weighted by Crippen LogP contribution is 2.24. The molecule has 0 aliphatic carbocycles. The Balaban J connectivity index is 1.88. The zero-order valence-corrected chi connectivity index (χ0v) is 16.4. The number of carbonyl (C=O) groups excluding carboxylic acids is 2. The lowest BCUT2D eigenvalue weighted by Gasteiger charge is -2.10. The van der Waals surface area contributed by atoms with Crippen molar-refractivity contribution < 1.29 is 14.3 Å². The van der Waals surface area contributed by atoms with E-state index in [-0.39, 0.29) is 17.2 Å². The molecule has 0 fully saturated rings. The fourth-order valence-corrected chi connectivity index (χ4v) is 2.86. The highest BCUT2D eigenvalue weighted by Gasteiger charge is 2.17.